The third kappa shape index (κ3) is 6.97. The molecular formula is C21H38IN5OS. The second kappa shape index (κ2) is 11.2. The second-order valence-corrected chi connectivity index (χ2v) is 9.68. The van der Waals surface area contributed by atoms with Gasteiger partial charge in [0.1, 0.15) is 0 Å². The van der Waals surface area contributed by atoms with E-state index in [1.165, 1.54) is 5.00 Å². The minimum atomic E-state index is 0. The predicted molar refractivity (Wildman–Crippen MR) is 135 cm³/mol. The number of rotatable bonds is 5. The van der Waals surface area contributed by atoms with Gasteiger partial charge in [-0.15, -0.1) is 35.3 Å². The predicted octanol–water partition coefficient (Wildman–Crippen LogP) is 3.39. The number of morpholine rings is 1. The first kappa shape index (κ1) is 24.7. The maximum absolute atomic E-state index is 5.89. The summed E-state index contributed by atoms with van der Waals surface area (Å²) in [7, 11) is 1.86. The fourth-order valence-electron chi connectivity index (χ4n) is 4.17. The molecule has 0 aromatic carbocycles. The summed E-state index contributed by atoms with van der Waals surface area (Å²) in [4.78, 5) is 9.49. The first-order chi connectivity index (χ1) is 13.4. The lowest BCUT2D eigenvalue weighted by Gasteiger charge is -2.45. The molecule has 2 aliphatic rings. The summed E-state index contributed by atoms with van der Waals surface area (Å²) >= 11 is 1.83. The SMILES string of the molecule is CN=C(NCC(C)(C)N1CC(C)OC(C)C1)NC1CCN(c2cccs2)CC1.I. The third-order valence-corrected chi connectivity index (χ3v) is 6.77. The summed E-state index contributed by atoms with van der Waals surface area (Å²) in [6.07, 6.45) is 2.85. The van der Waals surface area contributed by atoms with Crippen LogP contribution < -0.4 is 15.5 Å². The van der Waals surface area contributed by atoms with Crippen molar-refractivity contribution < 1.29 is 4.74 Å². The average Bonchev–Trinajstić information content (AvgIpc) is 3.19. The number of guanidine groups is 1. The zero-order valence-corrected chi connectivity index (χ0v) is 21.6. The monoisotopic (exact) mass is 535 g/mol. The summed E-state index contributed by atoms with van der Waals surface area (Å²) in [6.45, 7) is 14.0. The molecule has 2 atom stereocenters. The van der Waals surface area contributed by atoms with Crippen LogP contribution in [0.3, 0.4) is 0 Å². The number of aliphatic imine (C=N–C) groups is 1. The van der Waals surface area contributed by atoms with E-state index < -0.39 is 0 Å². The number of hydrogen-bond donors (Lipinski definition) is 2. The highest BCUT2D eigenvalue weighted by atomic mass is 127. The summed E-state index contributed by atoms with van der Waals surface area (Å²) in [5.41, 5.74) is 0.0481. The maximum atomic E-state index is 5.89. The topological polar surface area (TPSA) is 52.1 Å². The van der Waals surface area contributed by atoms with E-state index in [0.717, 1.165) is 51.5 Å². The van der Waals surface area contributed by atoms with Gasteiger partial charge in [-0.05, 0) is 58.0 Å². The lowest BCUT2D eigenvalue weighted by molar-refractivity contribution is -0.0946. The first-order valence-electron chi connectivity index (χ1n) is 10.5. The zero-order chi connectivity index (χ0) is 20.1. The summed E-state index contributed by atoms with van der Waals surface area (Å²) < 4.78 is 5.89. The summed E-state index contributed by atoms with van der Waals surface area (Å²) in [5.74, 6) is 0.914. The number of ether oxygens (including phenoxy) is 1. The average molecular weight is 536 g/mol. The Balaban J connectivity index is 0.00000300. The first-order valence-corrected chi connectivity index (χ1v) is 11.4. The molecule has 2 N–H and O–H groups in total. The Labute approximate surface area is 197 Å². The molecule has 6 nitrogen and oxygen atoms in total. The van der Waals surface area contributed by atoms with Crippen LogP contribution in [0.15, 0.2) is 22.5 Å². The molecule has 0 spiro atoms. The summed E-state index contributed by atoms with van der Waals surface area (Å²) in [6, 6.07) is 4.83. The van der Waals surface area contributed by atoms with Gasteiger partial charge < -0.3 is 20.3 Å². The third-order valence-electron chi connectivity index (χ3n) is 5.84. The van der Waals surface area contributed by atoms with Crippen LogP contribution in [-0.4, -0.2) is 74.4 Å². The molecule has 166 valence electrons. The molecule has 0 radical (unpaired) electrons. The van der Waals surface area contributed by atoms with Crippen LogP contribution in [-0.2, 0) is 4.74 Å². The van der Waals surface area contributed by atoms with E-state index in [4.69, 9.17) is 4.74 Å². The Hall–Kier alpha value is -0.580. The van der Waals surface area contributed by atoms with Crippen molar-refractivity contribution in [2.75, 3.05) is 44.7 Å². The van der Waals surface area contributed by atoms with Crippen LogP contribution in [0.4, 0.5) is 5.00 Å². The molecule has 0 bridgehead atoms. The molecule has 0 amide bonds. The number of halogens is 1. The number of hydrogen-bond acceptors (Lipinski definition) is 5. The molecule has 2 unspecified atom stereocenters. The van der Waals surface area contributed by atoms with Crippen molar-refractivity contribution >= 4 is 46.3 Å². The standard InChI is InChI=1S/C21H37N5OS.HI/c1-16-13-26(14-17(2)27-16)21(3,4)15-23-20(22-5)24-18-8-10-25(11-9-18)19-7-6-12-28-19;/h6-7,12,16-18H,8-11,13-15H2,1-5H3,(H2,22,23,24);1H. The van der Waals surface area contributed by atoms with Crippen LogP contribution in [0.25, 0.3) is 0 Å². The largest absolute Gasteiger partial charge is 0.373 e. The molecule has 1 aromatic heterocycles. The molecule has 3 rings (SSSR count). The lowest BCUT2D eigenvalue weighted by Crippen LogP contribution is -2.60. The molecule has 1 aromatic rings. The van der Waals surface area contributed by atoms with Crippen molar-refractivity contribution in [1.82, 2.24) is 15.5 Å². The minimum absolute atomic E-state index is 0. The van der Waals surface area contributed by atoms with E-state index in [-0.39, 0.29) is 41.7 Å². The van der Waals surface area contributed by atoms with E-state index in [2.05, 4.69) is 70.6 Å². The second-order valence-electron chi connectivity index (χ2n) is 8.76. The smallest absolute Gasteiger partial charge is 0.191 e. The highest BCUT2D eigenvalue weighted by Crippen LogP contribution is 2.25. The number of nitrogens with zero attached hydrogens (tertiary/aromatic N) is 3. The van der Waals surface area contributed by atoms with Crippen molar-refractivity contribution in [1.29, 1.82) is 0 Å². The molecule has 3 heterocycles. The van der Waals surface area contributed by atoms with Crippen LogP contribution in [0, 0.1) is 0 Å². The Morgan fingerprint density at radius 2 is 1.90 bits per heavy atom. The molecule has 8 heteroatoms. The van der Waals surface area contributed by atoms with Gasteiger partial charge in [-0.3, -0.25) is 9.89 Å². The quantitative estimate of drug-likeness (QED) is 0.344. The fraction of sp³-hybridized carbons (Fsp3) is 0.762. The van der Waals surface area contributed by atoms with E-state index in [1.54, 1.807) is 0 Å². The van der Waals surface area contributed by atoms with Gasteiger partial charge in [-0.1, -0.05) is 0 Å². The normalized spacial score (nSPS) is 24.9. The highest BCUT2D eigenvalue weighted by Gasteiger charge is 2.33. The van der Waals surface area contributed by atoms with Crippen molar-refractivity contribution in [3.8, 4) is 0 Å². The van der Waals surface area contributed by atoms with E-state index in [0.29, 0.717) is 6.04 Å². The van der Waals surface area contributed by atoms with Gasteiger partial charge in [0.15, 0.2) is 5.96 Å². The highest BCUT2D eigenvalue weighted by molar-refractivity contribution is 14.0. The van der Waals surface area contributed by atoms with Gasteiger partial charge in [0, 0.05) is 51.4 Å². The number of nitrogens with one attached hydrogen (secondary N) is 2. The zero-order valence-electron chi connectivity index (χ0n) is 18.5. The Bertz CT molecular complexity index is 621. The number of anilines is 1. The molecule has 0 aliphatic carbocycles. The van der Waals surface area contributed by atoms with Gasteiger partial charge in [-0.2, -0.15) is 0 Å². The van der Waals surface area contributed by atoms with Gasteiger partial charge >= 0.3 is 0 Å². The van der Waals surface area contributed by atoms with Gasteiger partial charge in [0.2, 0.25) is 0 Å². The minimum Gasteiger partial charge on any atom is -0.373 e. The Morgan fingerprint density at radius 1 is 1.24 bits per heavy atom. The van der Waals surface area contributed by atoms with Gasteiger partial charge in [0.25, 0.3) is 0 Å². The molecule has 29 heavy (non-hydrogen) atoms. The van der Waals surface area contributed by atoms with Gasteiger partial charge in [0.05, 0.1) is 17.2 Å². The number of piperidine rings is 1. The van der Waals surface area contributed by atoms with E-state index in [9.17, 15) is 0 Å². The van der Waals surface area contributed by atoms with E-state index in [1.807, 2.05) is 18.4 Å². The maximum Gasteiger partial charge on any atom is 0.191 e. The van der Waals surface area contributed by atoms with Crippen molar-refractivity contribution in [2.45, 2.75) is 64.3 Å². The van der Waals surface area contributed by atoms with Crippen molar-refractivity contribution in [2.24, 2.45) is 4.99 Å². The van der Waals surface area contributed by atoms with E-state index >= 15 is 0 Å². The van der Waals surface area contributed by atoms with Gasteiger partial charge in [-0.25, -0.2) is 0 Å². The Kier molecular flexibility index (Phi) is 9.50. The molecular weight excluding hydrogens is 497 g/mol. The fourth-order valence-corrected chi connectivity index (χ4v) is 4.95. The molecule has 2 fully saturated rings. The summed E-state index contributed by atoms with van der Waals surface area (Å²) in [5, 5.41) is 10.7. The lowest BCUT2D eigenvalue weighted by atomic mass is 10.00. The van der Waals surface area contributed by atoms with Crippen molar-refractivity contribution in [3.63, 3.8) is 0 Å². The van der Waals surface area contributed by atoms with Crippen LogP contribution in [0.2, 0.25) is 0 Å². The number of thiophene rings is 1. The molecule has 2 aliphatic heterocycles. The van der Waals surface area contributed by atoms with Crippen LogP contribution in [0.5, 0.6) is 0 Å². The molecule has 2 saturated heterocycles. The molecule has 0 saturated carbocycles. The van der Waals surface area contributed by atoms with Crippen molar-refractivity contribution in [3.05, 3.63) is 17.5 Å². The van der Waals surface area contributed by atoms with Crippen LogP contribution >= 0.6 is 35.3 Å². The van der Waals surface area contributed by atoms with Crippen LogP contribution in [0.1, 0.15) is 40.5 Å². The Morgan fingerprint density at radius 3 is 2.45 bits per heavy atom.